The first-order valence-electron chi connectivity index (χ1n) is 6.70. The molecule has 3 heteroatoms. The van der Waals surface area contributed by atoms with Gasteiger partial charge in [-0.25, -0.2) is 0 Å². The van der Waals surface area contributed by atoms with Gasteiger partial charge in [0.15, 0.2) is 0 Å². The molecule has 1 amide bonds. The molecular weight excluding hydrogens is 212 g/mol. The summed E-state index contributed by atoms with van der Waals surface area (Å²) in [7, 11) is 0. The zero-order valence-corrected chi connectivity index (χ0v) is 12.0. The maximum absolute atomic E-state index is 12.1. The van der Waals surface area contributed by atoms with Crippen LogP contribution in [-0.4, -0.2) is 18.0 Å². The molecular formula is C14H28N2O. The number of hydrogen-bond donors (Lipinski definition) is 2. The molecule has 1 saturated carbocycles. The summed E-state index contributed by atoms with van der Waals surface area (Å²) in [6, 6.07) is -0.155. The zero-order chi connectivity index (χ0) is 13.3. The van der Waals surface area contributed by atoms with Crippen LogP contribution >= 0.6 is 0 Å². The van der Waals surface area contributed by atoms with E-state index < -0.39 is 6.04 Å². The van der Waals surface area contributed by atoms with Crippen molar-refractivity contribution in [3.05, 3.63) is 0 Å². The Morgan fingerprint density at radius 3 is 2.41 bits per heavy atom. The number of amides is 1. The van der Waals surface area contributed by atoms with Crippen molar-refractivity contribution in [1.82, 2.24) is 5.32 Å². The molecule has 0 radical (unpaired) electrons. The molecule has 0 aromatic carbocycles. The predicted octanol–water partition coefficient (Wildman–Crippen LogP) is 2.44. The monoisotopic (exact) mass is 240 g/mol. The summed E-state index contributed by atoms with van der Waals surface area (Å²) < 4.78 is 0. The molecule has 0 aromatic heterocycles. The van der Waals surface area contributed by atoms with E-state index in [0.29, 0.717) is 0 Å². The van der Waals surface area contributed by atoms with Crippen molar-refractivity contribution in [2.45, 2.75) is 72.4 Å². The molecule has 17 heavy (non-hydrogen) atoms. The Kier molecular flexibility index (Phi) is 4.23. The Morgan fingerprint density at radius 1 is 1.35 bits per heavy atom. The van der Waals surface area contributed by atoms with Gasteiger partial charge in [0.2, 0.25) is 5.91 Å². The number of carbonyl (C=O) groups excluding carboxylic acids is 1. The van der Waals surface area contributed by atoms with Crippen molar-refractivity contribution < 1.29 is 4.79 Å². The van der Waals surface area contributed by atoms with Crippen LogP contribution in [-0.2, 0) is 4.79 Å². The SMILES string of the molecule is CC(C)(C)C(N)C(=O)NC1CCCCC1(C)C. The van der Waals surface area contributed by atoms with Gasteiger partial charge in [0.05, 0.1) is 6.04 Å². The van der Waals surface area contributed by atoms with Crippen molar-refractivity contribution >= 4 is 5.91 Å². The van der Waals surface area contributed by atoms with E-state index in [9.17, 15) is 4.79 Å². The van der Waals surface area contributed by atoms with Gasteiger partial charge in [0.1, 0.15) is 0 Å². The zero-order valence-electron chi connectivity index (χ0n) is 12.0. The van der Waals surface area contributed by atoms with Gasteiger partial charge < -0.3 is 11.1 Å². The molecule has 1 aliphatic rings. The van der Waals surface area contributed by atoms with Gasteiger partial charge in [0.25, 0.3) is 0 Å². The summed E-state index contributed by atoms with van der Waals surface area (Å²) in [5, 5.41) is 3.15. The van der Waals surface area contributed by atoms with E-state index in [1.807, 2.05) is 20.8 Å². The molecule has 1 fully saturated rings. The molecule has 3 nitrogen and oxygen atoms in total. The van der Waals surface area contributed by atoms with E-state index in [1.165, 1.54) is 19.3 Å². The van der Waals surface area contributed by atoms with E-state index >= 15 is 0 Å². The number of nitrogens with two attached hydrogens (primary N) is 1. The minimum Gasteiger partial charge on any atom is -0.351 e. The van der Waals surface area contributed by atoms with Gasteiger partial charge >= 0.3 is 0 Å². The van der Waals surface area contributed by atoms with Crippen LogP contribution in [0.2, 0.25) is 0 Å². The molecule has 0 saturated heterocycles. The van der Waals surface area contributed by atoms with Gasteiger partial charge in [-0.2, -0.15) is 0 Å². The van der Waals surface area contributed by atoms with E-state index in [2.05, 4.69) is 19.2 Å². The maximum atomic E-state index is 12.1. The smallest absolute Gasteiger partial charge is 0.237 e. The molecule has 0 spiro atoms. The topological polar surface area (TPSA) is 55.1 Å². The molecule has 0 heterocycles. The third kappa shape index (κ3) is 3.70. The van der Waals surface area contributed by atoms with E-state index in [1.54, 1.807) is 0 Å². The molecule has 0 bridgehead atoms. The van der Waals surface area contributed by atoms with Crippen LogP contribution in [0.4, 0.5) is 0 Å². The van der Waals surface area contributed by atoms with Gasteiger partial charge in [-0.15, -0.1) is 0 Å². The van der Waals surface area contributed by atoms with Crippen molar-refractivity contribution in [1.29, 1.82) is 0 Å². The van der Waals surface area contributed by atoms with Crippen molar-refractivity contribution in [3.63, 3.8) is 0 Å². The van der Waals surface area contributed by atoms with Gasteiger partial charge in [-0.1, -0.05) is 47.5 Å². The first-order valence-corrected chi connectivity index (χ1v) is 6.70. The van der Waals surface area contributed by atoms with E-state index in [4.69, 9.17) is 5.73 Å². The van der Waals surface area contributed by atoms with Crippen LogP contribution in [0.25, 0.3) is 0 Å². The Morgan fingerprint density at radius 2 is 1.94 bits per heavy atom. The van der Waals surface area contributed by atoms with E-state index in [0.717, 1.165) is 6.42 Å². The number of hydrogen-bond acceptors (Lipinski definition) is 2. The fourth-order valence-corrected chi connectivity index (χ4v) is 2.42. The van der Waals surface area contributed by atoms with Crippen LogP contribution in [0.5, 0.6) is 0 Å². The Balaban J connectivity index is 2.62. The summed E-state index contributed by atoms with van der Waals surface area (Å²) >= 11 is 0. The first-order chi connectivity index (χ1) is 7.64. The van der Waals surface area contributed by atoms with Gasteiger partial charge in [0, 0.05) is 6.04 Å². The van der Waals surface area contributed by atoms with Crippen molar-refractivity contribution in [2.75, 3.05) is 0 Å². The highest BCUT2D eigenvalue weighted by Crippen LogP contribution is 2.35. The van der Waals surface area contributed by atoms with Gasteiger partial charge in [-0.3, -0.25) is 4.79 Å². The predicted molar refractivity (Wildman–Crippen MR) is 71.6 cm³/mol. The summed E-state index contributed by atoms with van der Waals surface area (Å²) in [5.74, 6) is -0.00234. The van der Waals surface area contributed by atoms with Crippen LogP contribution in [0, 0.1) is 10.8 Å². The lowest BCUT2D eigenvalue weighted by Crippen LogP contribution is -2.55. The minimum absolute atomic E-state index is 0.00234. The molecule has 100 valence electrons. The molecule has 0 aromatic rings. The molecule has 1 aliphatic carbocycles. The lowest BCUT2D eigenvalue weighted by molar-refractivity contribution is -0.126. The Bertz CT molecular complexity index is 278. The van der Waals surface area contributed by atoms with E-state index in [-0.39, 0.29) is 22.8 Å². The van der Waals surface area contributed by atoms with Crippen LogP contribution < -0.4 is 11.1 Å². The summed E-state index contributed by atoms with van der Waals surface area (Å²) in [5.41, 5.74) is 6.01. The maximum Gasteiger partial charge on any atom is 0.237 e. The highest BCUT2D eigenvalue weighted by Gasteiger charge is 2.36. The Hall–Kier alpha value is -0.570. The molecule has 1 rings (SSSR count). The lowest BCUT2D eigenvalue weighted by Gasteiger charge is -2.40. The third-order valence-corrected chi connectivity index (χ3v) is 4.04. The fourth-order valence-electron chi connectivity index (χ4n) is 2.42. The third-order valence-electron chi connectivity index (χ3n) is 4.04. The average molecular weight is 240 g/mol. The molecule has 3 N–H and O–H groups in total. The highest BCUT2D eigenvalue weighted by atomic mass is 16.2. The quantitative estimate of drug-likeness (QED) is 0.779. The minimum atomic E-state index is -0.430. The van der Waals surface area contributed by atoms with Crippen LogP contribution in [0.3, 0.4) is 0 Å². The normalized spacial score (nSPS) is 26.4. The standard InChI is InChI=1S/C14H28N2O/c1-13(2,3)11(15)12(17)16-10-8-6-7-9-14(10,4)5/h10-11H,6-9,15H2,1-5H3,(H,16,17). The van der Waals surface area contributed by atoms with Gasteiger partial charge in [-0.05, 0) is 23.7 Å². The molecule has 2 atom stereocenters. The largest absolute Gasteiger partial charge is 0.351 e. The summed E-state index contributed by atoms with van der Waals surface area (Å²) in [6.07, 6.45) is 4.74. The van der Waals surface area contributed by atoms with Crippen LogP contribution in [0.1, 0.15) is 60.3 Å². The second-order valence-corrected chi connectivity index (χ2v) is 7.14. The second kappa shape index (κ2) is 4.97. The average Bonchev–Trinajstić information content (AvgIpc) is 2.18. The molecule has 2 unspecified atom stereocenters. The Labute approximate surface area is 106 Å². The summed E-state index contributed by atoms with van der Waals surface area (Å²) in [4.78, 5) is 12.1. The number of carbonyl (C=O) groups is 1. The summed E-state index contributed by atoms with van der Waals surface area (Å²) in [6.45, 7) is 10.5. The first kappa shape index (κ1) is 14.5. The highest BCUT2D eigenvalue weighted by molar-refractivity contribution is 5.82. The number of rotatable bonds is 2. The molecule has 0 aliphatic heterocycles. The van der Waals surface area contributed by atoms with Crippen molar-refractivity contribution in [3.8, 4) is 0 Å². The second-order valence-electron chi connectivity index (χ2n) is 7.14. The van der Waals surface area contributed by atoms with Crippen LogP contribution in [0.15, 0.2) is 0 Å². The lowest BCUT2D eigenvalue weighted by atomic mass is 9.73. The fraction of sp³-hybridized carbons (Fsp3) is 0.929. The van der Waals surface area contributed by atoms with Crippen molar-refractivity contribution in [2.24, 2.45) is 16.6 Å². The number of nitrogens with one attached hydrogen (secondary N) is 1.